The third-order valence-corrected chi connectivity index (χ3v) is 5.11. The second-order valence-corrected chi connectivity index (χ2v) is 6.97. The Labute approximate surface area is 136 Å². The summed E-state index contributed by atoms with van der Waals surface area (Å²) < 4.78 is 1.12. The number of rotatable bonds is 5. The van der Waals surface area contributed by atoms with E-state index >= 15 is 0 Å². The molecule has 2 aromatic rings. The van der Waals surface area contributed by atoms with Gasteiger partial charge in [0.2, 0.25) is 0 Å². The van der Waals surface area contributed by atoms with E-state index < -0.39 is 0 Å². The van der Waals surface area contributed by atoms with Gasteiger partial charge in [0.25, 0.3) is 0 Å². The fraction of sp³-hybridized carbons (Fsp3) is 0.286. The molecule has 0 fully saturated rings. The molecule has 1 N–H and O–H groups in total. The van der Waals surface area contributed by atoms with E-state index in [-0.39, 0.29) is 6.04 Å². The number of nitrogens with one attached hydrogen (secondary N) is 1. The van der Waals surface area contributed by atoms with Gasteiger partial charge in [0.05, 0.1) is 0 Å². The molecular formula is C14H14BrCl2NS. The molecule has 0 saturated heterocycles. The summed E-state index contributed by atoms with van der Waals surface area (Å²) in [6.45, 7) is 2.98. The first-order valence-electron chi connectivity index (χ1n) is 6.01. The minimum Gasteiger partial charge on any atom is -0.310 e. The summed E-state index contributed by atoms with van der Waals surface area (Å²) in [5.41, 5.74) is 1.06. The molecule has 1 atom stereocenters. The Morgan fingerprint density at radius 3 is 2.74 bits per heavy atom. The summed E-state index contributed by atoms with van der Waals surface area (Å²) in [7, 11) is 0. The molecule has 5 heteroatoms. The first-order chi connectivity index (χ1) is 9.10. The van der Waals surface area contributed by atoms with Crippen LogP contribution in [0.25, 0.3) is 0 Å². The highest BCUT2D eigenvalue weighted by Crippen LogP contribution is 2.31. The molecule has 102 valence electrons. The van der Waals surface area contributed by atoms with Crippen LogP contribution in [0.4, 0.5) is 0 Å². The van der Waals surface area contributed by atoms with Crippen LogP contribution >= 0.6 is 50.5 Å². The van der Waals surface area contributed by atoms with Gasteiger partial charge >= 0.3 is 0 Å². The molecule has 1 nitrogen and oxygen atoms in total. The zero-order valence-corrected chi connectivity index (χ0v) is 14.3. The van der Waals surface area contributed by atoms with Crippen LogP contribution in [0.1, 0.15) is 23.4 Å². The van der Waals surface area contributed by atoms with E-state index in [1.165, 1.54) is 4.88 Å². The molecule has 2 rings (SSSR count). The first kappa shape index (κ1) is 15.3. The van der Waals surface area contributed by atoms with Crippen molar-refractivity contribution in [2.75, 3.05) is 6.54 Å². The largest absolute Gasteiger partial charge is 0.310 e. The van der Waals surface area contributed by atoms with Gasteiger partial charge < -0.3 is 5.32 Å². The van der Waals surface area contributed by atoms with Crippen LogP contribution in [-0.2, 0) is 6.42 Å². The van der Waals surface area contributed by atoms with Crippen LogP contribution in [0.15, 0.2) is 34.1 Å². The predicted octanol–water partition coefficient (Wildman–Crippen LogP) is 5.71. The van der Waals surface area contributed by atoms with Crippen molar-refractivity contribution in [1.29, 1.82) is 0 Å². The van der Waals surface area contributed by atoms with Crippen LogP contribution in [-0.4, -0.2) is 6.54 Å². The summed E-state index contributed by atoms with van der Waals surface area (Å²) in [6, 6.07) is 7.95. The Hall–Kier alpha value is -0.0600. The summed E-state index contributed by atoms with van der Waals surface area (Å²) in [5, 5.41) is 7.04. The molecule has 0 aliphatic heterocycles. The Morgan fingerprint density at radius 1 is 1.32 bits per heavy atom. The quantitative estimate of drug-likeness (QED) is 0.702. The molecule has 1 aromatic heterocycles. The lowest BCUT2D eigenvalue weighted by Gasteiger charge is -2.19. The fourth-order valence-corrected chi connectivity index (χ4v) is 3.91. The second-order valence-electron chi connectivity index (χ2n) is 4.21. The number of benzene rings is 1. The Balaban J connectivity index is 2.26. The van der Waals surface area contributed by atoms with E-state index in [9.17, 15) is 0 Å². The van der Waals surface area contributed by atoms with Crippen molar-refractivity contribution in [2.45, 2.75) is 19.4 Å². The number of hydrogen-bond acceptors (Lipinski definition) is 2. The van der Waals surface area contributed by atoms with Crippen molar-refractivity contribution >= 4 is 50.5 Å². The van der Waals surface area contributed by atoms with E-state index in [0.29, 0.717) is 0 Å². The molecule has 0 spiro atoms. The van der Waals surface area contributed by atoms with Gasteiger partial charge in [0.1, 0.15) is 0 Å². The van der Waals surface area contributed by atoms with Crippen molar-refractivity contribution < 1.29 is 0 Å². The van der Waals surface area contributed by atoms with E-state index in [1.807, 2.05) is 18.2 Å². The van der Waals surface area contributed by atoms with Crippen molar-refractivity contribution in [1.82, 2.24) is 5.32 Å². The average molecular weight is 379 g/mol. The molecule has 0 amide bonds. The summed E-state index contributed by atoms with van der Waals surface area (Å²) >= 11 is 17.6. The van der Waals surface area contributed by atoms with Crippen LogP contribution in [0.5, 0.6) is 0 Å². The minimum atomic E-state index is 0.182. The summed E-state index contributed by atoms with van der Waals surface area (Å²) in [4.78, 5) is 1.31. The summed E-state index contributed by atoms with van der Waals surface area (Å²) in [6.07, 6.45) is 0.907. The highest BCUT2D eigenvalue weighted by molar-refractivity contribution is 9.10. The molecule has 0 aliphatic carbocycles. The van der Waals surface area contributed by atoms with Crippen molar-refractivity contribution in [2.24, 2.45) is 0 Å². The Kier molecular flexibility index (Phi) is 5.72. The van der Waals surface area contributed by atoms with Gasteiger partial charge in [-0.05, 0) is 52.3 Å². The maximum Gasteiger partial charge on any atom is 0.0454 e. The fourth-order valence-electron chi connectivity index (χ4n) is 1.98. The number of halogens is 3. The first-order valence-corrected chi connectivity index (χ1v) is 8.44. The number of hydrogen-bond donors (Lipinski definition) is 1. The van der Waals surface area contributed by atoms with Gasteiger partial charge in [-0.1, -0.05) is 30.1 Å². The lowest BCUT2D eigenvalue weighted by atomic mass is 10.0. The molecule has 1 aromatic carbocycles. The number of thiophene rings is 1. The van der Waals surface area contributed by atoms with Gasteiger partial charge in [-0.15, -0.1) is 11.3 Å². The zero-order chi connectivity index (χ0) is 13.8. The predicted molar refractivity (Wildman–Crippen MR) is 88.6 cm³/mol. The maximum absolute atomic E-state index is 6.29. The van der Waals surface area contributed by atoms with Crippen LogP contribution in [0.3, 0.4) is 0 Å². The molecule has 0 bridgehead atoms. The average Bonchev–Trinajstić information content (AvgIpc) is 2.77. The molecular weight excluding hydrogens is 365 g/mol. The third kappa shape index (κ3) is 4.20. The highest BCUT2D eigenvalue weighted by Gasteiger charge is 2.16. The Morgan fingerprint density at radius 2 is 2.11 bits per heavy atom. The highest BCUT2D eigenvalue weighted by atomic mass is 79.9. The molecule has 19 heavy (non-hydrogen) atoms. The zero-order valence-electron chi connectivity index (χ0n) is 10.4. The SMILES string of the molecule is CCNC(Cc1cc(Br)cs1)c1cc(Cl)ccc1Cl. The lowest BCUT2D eigenvalue weighted by Crippen LogP contribution is -2.23. The van der Waals surface area contributed by atoms with Crippen LogP contribution in [0, 0.1) is 0 Å². The molecule has 1 heterocycles. The van der Waals surface area contributed by atoms with Crippen molar-refractivity contribution in [3.8, 4) is 0 Å². The van der Waals surface area contributed by atoms with E-state index in [4.69, 9.17) is 23.2 Å². The van der Waals surface area contributed by atoms with Gasteiger partial charge in [-0.2, -0.15) is 0 Å². The molecule has 1 unspecified atom stereocenters. The van der Waals surface area contributed by atoms with E-state index in [1.54, 1.807) is 11.3 Å². The van der Waals surface area contributed by atoms with Crippen molar-refractivity contribution in [3.63, 3.8) is 0 Å². The second kappa shape index (κ2) is 7.09. The standard InChI is InChI=1S/C14H14BrCl2NS/c1-2-18-14(7-11-5-9(15)8-19-11)12-6-10(16)3-4-13(12)17/h3-6,8,14,18H,2,7H2,1H3. The molecule has 0 saturated carbocycles. The van der Waals surface area contributed by atoms with Gasteiger partial charge in [-0.3, -0.25) is 0 Å². The monoisotopic (exact) mass is 377 g/mol. The van der Waals surface area contributed by atoms with Crippen LogP contribution in [0.2, 0.25) is 10.0 Å². The van der Waals surface area contributed by atoms with Crippen LogP contribution < -0.4 is 5.32 Å². The molecule has 0 aliphatic rings. The van der Waals surface area contributed by atoms with E-state index in [2.05, 4.69) is 39.6 Å². The smallest absolute Gasteiger partial charge is 0.0454 e. The molecule has 0 radical (unpaired) electrons. The van der Waals surface area contributed by atoms with Gasteiger partial charge in [-0.25, -0.2) is 0 Å². The lowest BCUT2D eigenvalue weighted by molar-refractivity contribution is 0.553. The topological polar surface area (TPSA) is 12.0 Å². The van der Waals surface area contributed by atoms with Crippen molar-refractivity contribution in [3.05, 3.63) is 54.6 Å². The maximum atomic E-state index is 6.29. The van der Waals surface area contributed by atoms with Gasteiger partial charge in [0.15, 0.2) is 0 Å². The van der Waals surface area contributed by atoms with E-state index in [0.717, 1.165) is 33.0 Å². The van der Waals surface area contributed by atoms with Gasteiger partial charge in [0, 0.05) is 37.2 Å². The number of likely N-dealkylation sites (N-methyl/N-ethyl adjacent to an activating group) is 1. The third-order valence-electron chi connectivity index (χ3n) is 2.81. The normalized spacial score (nSPS) is 12.6. The minimum absolute atomic E-state index is 0.182. The summed E-state index contributed by atoms with van der Waals surface area (Å²) in [5.74, 6) is 0. The Bertz CT molecular complexity index is 556.